The molecule has 3 aromatic rings. The monoisotopic (exact) mass is 420 g/mol. The first-order chi connectivity index (χ1) is 15.1. The lowest BCUT2D eigenvalue weighted by atomic mass is 10.1. The van der Waals surface area contributed by atoms with Crippen LogP contribution in [0.25, 0.3) is 0 Å². The van der Waals surface area contributed by atoms with E-state index in [2.05, 4.69) is 20.2 Å². The highest BCUT2D eigenvalue weighted by Gasteiger charge is 2.28. The second-order valence-corrected chi connectivity index (χ2v) is 7.54. The Bertz CT molecular complexity index is 1030. The summed E-state index contributed by atoms with van der Waals surface area (Å²) in [5, 5.41) is 2.87. The van der Waals surface area contributed by atoms with Crippen molar-refractivity contribution in [1.82, 2.24) is 14.9 Å². The highest BCUT2D eigenvalue weighted by Crippen LogP contribution is 2.29. The summed E-state index contributed by atoms with van der Waals surface area (Å²) in [4.78, 5) is 24.0. The zero-order valence-corrected chi connectivity index (χ0v) is 17.4. The third kappa shape index (κ3) is 5.24. The van der Waals surface area contributed by atoms with Gasteiger partial charge in [0, 0.05) is 18.4 Å². The van der Waals surface area contributed by atoms with Crippen LogP contribution < -0.4 is 10.1 Å². The molecule has 2 aromatic carbocycles. The molecule has 0 radical (unpaired) electrons. The van der Waals surface area contributed by atoms with Crippen molar-refractivity contribution in [2.24, 2.45) is 0 Å². The van der Waals surface area contributed by atoms with E-state index in [1.54, 1.807) is 18.3 Å². The third-order valence-corrected chi connectivity index (χ3v) is 5.40. The molecule has 0 saturated carbocycles. The Morgan fingerprint density at radius 3 is 2.71 bits per heavy atom. The molecule has 1 aliphatic heterocycles. The van der Waals surface area contributed by atoms with E-state index in [0.717, 1.165) is 37.4 Å². The molecule has 1 atom stereocenters. The zero-order valence-electron chi connectivity index (χ0n) is 17.4. The maximum atomic E-state index is 13.0. The van der Waals surface area contributed by atoms with Crippen LogP contribution in [0.15, 0.2) is 60.8 Å². The van der Waals surface area contributed by atoms with E-state index < -0.39 is 0 Å². The van der Waals surface area contributed by atoms with Crippen LogP contribution in [0.1, 0.15) is 40.8 Å². The second kappa shape index (κ2) is 9.66. The van der Waals surface area contributed by atoms with Crippen LogP contribution in [0.2, 0.25) is 0 Å². The normalized spacial score (nSPS) is 16.3. The summed E-state index contributed by atoms with van der Waals surface area (Å²) < 4.78 is 18.7. The third-order valence-electron chi connectivity index (χ3n) is 5.40. The van der Waals surface area contributed by atoms with Gasteiger partial charge in [0.15, 0.2) is 0 Å². The van der Waals surface area contributed by atoms with Crippen molar-refractivity contribution in [1.29, 1.82) is 0 Å². The molecule has 1 amide bonds. The fraction of sp³-hybridized carbons (Fsp3) is 0.292. The lowest BCUT2D eigenvalue weighted by Crippen LogP contribution is -2.29. The Kier molecular flexibility index (Phi) is 6.52. The van der Waals surface area contributed by atoms with Gasteiger partial charge in [-0.15, -0.1) is 0 Å². The summed E-state index contributed by atoms with van der Waals surface area (Å²) in [6.45, 7) is 4.00. The number of nitrogens with one attached hydrogen (secondary N) is 1. The number of para-hydroxylation sites is 1. The molecule has 4 rings (SSSR count). The Balaban J connectivity index is 1.38. The molecule has 1 fully saturated rings. The topological polar surface area (TPSA) is 67.3 Å². The van der Waals surface area contributed by atoms with Crippen LogP contribution >= 0.6 is 0 Å². The van der Waals surface area contributed by atoms with Crippen LogP contribution in [0, 0.1) is 12.7 Å². The number of likely N-dealkylation sites (tertiary alicyclic amines) is 1. The van der Waals surface area contributed by atoms with E-state index in [0.29, 0.717) is 23.6 Å². The maximum Gasteiger partial charge on any atom is 0.259 e. The predicted octanol–water partition coefficient (Wildman–Crippen LogP) is 4.39. The van der Waals surface area contributed by atoms with E-state index in [1.165, 1.54) is 12.1 Å². The molecule has 2 heterocycles. The Labute approximate surface area is 181 Å². The largest absolute Gasteiger partial charge is 0.492 e. The number of hydrogen-bond donors (Lipinski definition) is 1. The number of hydrogen-bond acceptors (Lipinski definition) is 5. The summed E-state index contributed by atoms with van der Waals surface area (Å²) in [5.74, 6) is 0.887. The van der Waals surface area contributed by atoms with Gasteiger partial charge in [0.2, 0.25) is 0 Å². The lowest BCUT2D eigenvalue weighted by molar-refractivity contribution is 0.102. The van der Waals surface area contributed by atoms with Gasteiger partial charge in [-0.2, -0.15) is 0 Å². The minimum atomic E-state index is -0.277. The first kappa shape index (κ1) is 20.9. The van der Waals surface area contributed by atoms with Gasteiger partial charge in [-0.25, -0.2) is 14.4 Å². The van der Waals surface area contributed by atoms with E-state index in [-0.39, 0.29) is 17.8 Å². The summed E-state index contributed by atoms with van der Waals surface area (Å²) >= 11 is 0. The highest BCUT2D eigenvalue weighted by molar-refractivity contribution is 6.04. The standard InChI is InChI=1S/C24H25FN4O2/c1-17-21(24(30)28-19-6-3-2-4-7-19)16-26-23(27-17)22-8-5-13-29(22)14-15-31-20-11-9-18(25)10-12-20/h2-4,6-7,9-12,16,22H,5,8,13-15H2,1H3,(H,28,30). The number of carbonyl (C=O) groups is 1. The molecule has 0 aliphatic carbocycles. The first-order valence-electron chi connectivity index (χ1n) is 10.4. The number of halogens is 1. The van der Waals surface area contributed by atoms with Crippen LogP contribution in [-0.2, 0) is 0 Å². The number of aromatic nitrogens is 2. The lowest BCUT2D eigenvalue weighted by Gasteiger charge is -2.23. The number of benzene rings is 2. The zero-order chi connectivity index (χ0) is 21.6. The van der Waals surface area contributed by atoms with Crippen molar-refractivity contribution in [3.8, 4) is 5.75 Å². The quantitative estimate of drug-likeness (QED) is 0.614. The SMILES string of the molecule is Cc1nc(C2CCCN2CCOc2ccc(F)cc2)ncc1C(=O)Nc1ccccc1. The number of rotatable bonds is 7. The van der Waals surface area contributed by atoms with Gasteiger partial charge in [-0.1, -0.05) is 18.2 Å². The molecule has 1 unspecified atom stereocenters. The summed E-state index contributed by atoms with van der Waals surface area (Å²) in [6, 6.07) is 15.5. The van der Waals surface area contributed by atoms with E-state index in [4.69, 9.17) is 4.74 Å². The van der Waals surface area contributed by atoms with Gasteiger partial charge in [0.1, 0.15) is 24.0 Å². The molecule has 160 valence electrons. The molecule has 1 aromatic heterocycles. The van der Waals surface area contributed by atoms with E-state index >= 15 is 0 Å². The molecule has 0 bridgehead atoms. The molecule has 1 aliphatic rings. The van der Waals surface area contributed by atoms with Gasteiger partial charge in [-0.3, -0.25) is 9.69 Å². The van der Waals surface area contributed by atoms with E-state index in [9.17, 15) is 9.18 Å². The number of carbonyl (C=O) groups excluding carboxylic acids is 1. The van der Waals surface area contributed by atoms with Gasteiger partial charge in [-0.05, 0) is 62.7 Å². The number of nitrogens with zero attached hydrogens (tertiary/aromatic N) is 3. The van der Waals surface area contributed by atoms with Gasteiger partial charge in [0.25, 0.3) is 5.91 Å². The number of aryl methyl sites for hydroxylation is 1. The molecule has 0 spiro atoms. The maximum absolute atomic E-state index is 13.0. The number of amides is 1. The van der Waals surface area contributed by atoms with Crippen LogP contribution in [0.5, 0.6) is 5.75 Å². The van der Waals surface area contributed by atoms with Crippen molar-refractivity contribution in [3.05, 3.63) is 83.7 Å². The van der Waals surface area contributed by atoms with Crippen molar-refractivity contribution in [3.63, 3.8) is 0 Å². The fourth-order valence-electron chi connectivity index (χ4n) is 3.79. The predicted molar refractivity (Wildman–Crippen MR) is 117 cm³/mol. The van der Waals surface area contributed by atoms with Gasteiger partial charge in [0.05, 0.1) is 17.3 Å². The Morgan fingerprint density at radius 2 is 1.97 bits per heavy atom. The Morgan fingerprint density at radius 1 is 1.19 bits per heavy atom. The number of ether oxygens (including phenoxy) is 1. The molecule has 6 nitrogen and oxygen atoms in total. The minimum Gasteiger partial charge on any atom is -0.492 e. The molecule has 31 heavy (non-hydrogen) atoms. The summed E-state index contributed by atoms with van der Waals surface area (Å²) in [6.07, 6.45) is 3.63. The molecular weight excluding hydrogens is 395 g/mol. The van der Waals surface area contributed by atoms with Crippen molar-refractivity contribution in [2.75, 3.05) is 25.0 Å². The smallest absolute Gasteiger partial charge is 0.259 e. The van der Waals surface area contributed by atoms with Crippen molar-refractivity contribution >= 4 is 11.6 Å². The van der Waals surface area contributed by atoms with Crippen LogP contribution in [0.4, 0.5) is 10.1 Å². The van der Waals surface area contributed by atoms with Crippen LogP contribution in [0.3, 0.4) is 0 Å². The second-order valence-electron chi connectivity index (χ2n) is 7.54. The minimum absolute atomic E-state index is 0.0988. The molecule has 7 heteroatoms. The molecular formula is C24H25FN4O2. The summed E-state index contributed by atoms with van der Waals surface area (Å²) in [7, 11) is 0. The number of anilines is 1. The van der Waals surface area contributed by atoms with Gasteiger partial charge >= 0.3 is 0 Å². The fourth-order valence-corrected chi connectivity index (χ4v) is 3.79. The Hall–Kier alpha value is -3.32. The highest BCUT2D eigenvalue weighted by atomic mass is 19.1. The first-order valence-corrected chi connectivity index (χ1v) is 10.4. The van der Waals surface area contributed by atoms with Crippen molar-refractivity contribution in [2.45, 2.75) is 25.8 Å². The average Bonchev–Trinajstić information content (AvgIpc) is 3.24. The average molecular weight is 420 g/mol. The molecule has 1 N–H and O–H groups in total. The summed E-state index contributed by atoms with van der Waals surface area (Å²) in [5.41, 5.74) is 1.86. The molecule has 1 saturated heterocycles. The van der Waals surface area contributed by atoms with Gasteiger partial charge < -0.3 is 10.1 Å². The van der Waals surface area contributed by atoms with Crippen LogP contribution in [-0.4, -0.2) is 40.5 Å². The van der Waals surface area contributed by atoms with E-state index in [1.807, 2.05) is 37.3 Å². The van der Waals surface area contributed by atoms with Crippen molar-refractivity contribution < 1.29 is 13.9 Å².